The first-order chi connectivity index (χ1) is 8.60. The summed E-state index contributed by atoms with van der Waals surface area (Å²) in [6.45, 7) is 2.43. The number of rotatable bonds is 2. The highest BCUT2D eigenvalue weighted by atomic mass is 19.1. The molecule has 94 valence electrons. The largest absolute Gasteiger partial charge is 0.343 e. The Hall–Kier alpha value is -1.93. The summed E-state index contributed by atoms with van der Waals surface area (Å²) >= 11 is 0. The molecule has 2 rings (SSSR count). The molecule has 0 aromatic heterocycles. The third kappa shape index (κ3) is 2.66. The molecule has 0 N–H and O–H groups in total. The van der Waals surface area contributed by atoms with Crippen LogP contribution in [0.3, 0.4) is 0 Å². The van der Waals surface area contributed by atoms with E-state index >= 15 is 0 Å². The van der Waals surface area contributed by atoms with E-state index in [1.165, 1.54) is 12.1 Å². The zero-order chi connectivity index (χ0) is 13.1. The summed E-state index contributed by atoms with van der Waals surface area (Å²) in [6.07, 6.45) is 0. The zero-order valence-corrected chi connectivity index (χ0v) is 10.2. The quantitative estimate of drug-likeness (QED) is 0.782. The Morgan fingerprint density at radius 1 is 1.44 bits per heavy atom. The summed E-state index contributed by atoms with van der Waals surface area (Å²) in [4.78, 5) is 15.2. The van der Waals surface area contributed by atoms with E-state index in [2.05, 4.69) is 0 Å². The highest BCUT2D eigenvalue weighted by Crippen LogP contribution is 2.13. The Morgan fingerprint density at radius 2 is 2.22 bits per heavy atom. The lowest BCUT2D eigenvalue weighted by atomic mass is 10.1. The molecule has 4 nitrogen and oxygen atoms in total. The topological polar surface area (TPSA) is 47.3 Å². The van der Waals surface area contributed by atoms with Gasteiger partial charge in [0.05, 0.1) is 12.1 Å². The predicted octanol–water partition coefficient (Wildman–Crippen LogP) is 0.971. The first kappa shape index (κ1) is 12.5. The number of hydrogen-bond donors (Lipinski definition) is 0. The Balaban J connectivity index is 2.06. The van der Waals surface area contributed by atoms with E-state index in [9.17, 15) is 9.18 Å². The summed E-state index contributed by atoms with van der Waals surface area (Å²) in [5.74, 6) is -0.417. The smallest absolute Gasteiger partial charge is 0.236 e. The second kappa shape index (κ2) is 5.15. The van der Waals surface area contributed by atoms with Crippen LogP contribution in [-0.2, 0) is 11.3 Å². The average Bonchev–Trinajstić information content (AvgIpc) is 2.36. The van der Waals surface area contributed by atoms with Crippen molar-refractivity contribution in [1.29, 1.82) is 5.26 Å². The number of likely N-dealkylation sites (N-methyl/N-ethyl adjacent to an activating group) is 1. The predicted molar refractivity (Wildman–Crippen MR) is 64.0 cm³/mol. The Labute approximate surface area is 105 Å². The molecule has 0 atom stereocenters. The molecule has 0 saturated carbocycles. The number of nitrogens with zero attached hydrogens (tertiary/aromatic N) is 3. The van der Waals surface area contributed by atoms with Gasteiger partial charge in [-0.2, -0.15) is 5.26 Å². The summed E-state index contributed by atoms with van der Waals surface area (Å²) in [5.41, 5.74) is 0.901. The highest BCUT2D eigenvalue weighted by molar-refractivity contribution is 5.78. The number of hydrogen-bond acceptors (Lipinski definition) is 3. The minimum Gasteiger partial charge on any atom is -0.343 e. The maximum absolute atomic E-state index is 13.2. The molecular weight excluding hydrogens is 233 g/mol. The molecule has 0 unspecified atom stereocenters. The van der Waals surface area contributed by atoms with Gasteiger partial charge < -0.3 is 4.90 Å². The van der Waals surface area contributed by atoms with Crippen LogP contribution in [0.4, 0.5) is 4.39 Å². The molecule has 0 bridgehead atoms. The van der Waals surface area contributed by atoms with Crippen LogP contribution in [-0.4, -0.2) is 42.4 Å². The molecule has 0 aliphatic carbocycles. The van der Waals surface area contributed by atoms with Crippen LogP contribution in [0.2, 0.25) is 0 Å². The fourth-order valence-corrected chi connectivity index (χ4v) is 1.96. The number of carbonyl (C=O) groups is 1. The summed E-state index contributed by atoms with van der Waals surface area (Å²) in [7, 11) is 1.78. The number of carbonyl (C=O) groups excluding carboxylic acids is 1. The second-order valence-electron chi connectivity index (χ2n) is 4.45. The minimum absolute atomic E-state index is 0.0490. The van der Waals surface area contributed by atoms with Crippen LogP contribution in [0.25, 0.3) is 0 Å². The van der Waals surface area contributed by atoms with Gasteiger partial charge in [-0.15, -0.1) is 0 Å². The van der Waals surface area contributed by atoms with Gasteiger partial charge in [0, 0.05) is 26.7 Å². The maximum Gasteiger partial charge on any atom is 0.236 e. The molecule has 1 aliphatic heterocycles. The van der Waals surface area contributed by atoms with Crippen LogP contribution in [0.15, 0.2) is 18.2 Å². The third-order valence-corrected chi connectivity index (χ3v) is 3.09. The monoisotopic (exact) mass is 247 g/mol. The van der Waals surface area contributed by atoms with Crippen molar-refractivity contribution < 1.29 is 9.18 Å². The van der Waals surface area contributed by atoms with Crippen molar-refractivity contribution in [3.63, 3.8) is 0 Å². The van der Waals surface area contributed by atoms with E-state index in [1.807, 2.05) is 11.0 Å². The van der Waals surface area contributed by atoms with E-state index in [0.29, 0.717) is 19.6 Å². The molecule has 1 amide bonds. The van der Waals surface area contributed by atoms with Crippen LogP contribution >= 0.6 is 0 Å². The third-order valence-electron chi connectivity index (χ3n) is 3.09. The second-order valence-corrected chi connectivity index (χ2v) is 4.45. The van der Waals surface area contributed by atoms with Gasteiger partial charge in [0.15, 0.2) is 0 Å². The fourth-order valence-electron chi connectivity index (χ4n) is 1.96. The molecule has 5 heteroatoms. The molecule has 1 heterocycles. The van der Waals surface area contributed by atoms with Crippen molar-refractivity contribution in [3.8, 4) is 6.07 Å². The van der Waals surface area contributed by atoms with Crippen LogP contribution in [0, 0.1) is 17.1 Å². The van der Waals surface area contributed by atoms with Gasteiger partial charge in [-0.05, 0) is 17.7 Å². The van der Waals surface area contributed by atoms with Crippen molar-refractivity contribution in [2.75, 3.05) is 26.7 Å². The number of halogens is 1. The van der Waals surface area contributed by atoms with Crippen LogP contribution in [0.5, 0.6) is 0 Å². The molecule has 1 aliphatic rings. The molecule has 1 aromatic rings. The van der Waals surface area contributed by atoms with Gasteiger partial charge in [-0.25, -0.2) is 4.39 Å². The molecule has 18 heavy (non-hydrogen) atoms. The molecule has 1 fully saturated rings. The highest BCUT2D eigenvalue weighted by Gasteiger charge is 2.20. The number of amides is 1. The normalized spacial score (nSPS) is 16.7. The minimum atomic E-state index is -0.504. The van der Waals surface area contributed by atoms with Crippen molar-refractivity contribution in [2.24, 2.45) is 0 Å². The molecule has 1 saturated heterocycles. The van der Waals surface area contributed by atoms with E-state index < -0.39 is 5.82 Å². The zero-order valence-electron chi connectivity index (χ0n) is 10.2. The van der Waals surface area contributed by atoms with Crippen molar-refractivity contribution >= 4 is 5.91 Å². The standard InChI is InChI=1S/C13H14FN3O/c1-16-4-5-17(9-13(16)18)8-10-2-3-12(14)11(6-10)7-15/h2-3,6H,4-5,8-9H2,1H3. The van der Waals surface area contributed by atoms with E-state index in [0.717, 1.165) is 12.1 Å². The summed E-state index contributed by atoms with van der Waals surface area (Å²) in [6, 6.07) is 6.31. The van der Waals surface area contributed by atoms with Gasteiger partial charge in [-0.3, -0.25) is 9.69 Å². The number of piperazine rings is 1. The number of benzene rings is 1. The van der Waals surface area contributed by atoms with Crippen LogP contribution in [0.1, 0.15) is 11.1 Å². The lowest BCUT2D eigenvalue weighted by molar-refractivity contribution is -0.134. The van der Waals surface area contributed by atoms with Gasteiger partial charge in [0.25, 0.3) is 0 Å². The van der Waals surface area contributed by atoms with E-state index in [4.69, 9.17) is 5.26 Å². The Morgan fingerprint density at radius 3 is 2.89 bits per heavy atom. The fraction of sp³-hybridized carbons (Fsp3) is 0.385. The molecule has 1 aromatic carbocycles. The lowest BCUT2D eigenvalue weighted by Crippen LogP contribution is -2.47. The van der Waals surface area contributed by atoms with Gasteiger partial charge >= 0.3 is 0 Å². The van der Waals surface area contributed by atoms with Crippen molar-refractivity contribution in [2.45, 2.75) is 6.54 Å². The summed E-state index contributed by atoms with van der Waals surface area (Å²) < 4.78 is 13.2. The molecule has 0 radical (unpaired) electrons. The van der Waals surface area contributed by atoms with Gasteiger partial charge in [0.1, 0.15) is 11.9 Å². The lowest BCUT2D eigenvalue weighted by Gasteiger charge is -2.31. The van der Waals surface area contributed by atoms with E-state index in [1.54, 1.807) is 18.0 Å². The Kier molecular flexibility index (Phi) is 3.58. The van der Waals surface area contributed by atoms with Crippen LogP contribution < -0.4 is 0 Å². The Bertz CT molecular complexity index is 509. The maximum atomic E-state index is 13.2. The molecule has 0 spiro atoms. The van der Waals surface area contributed by atoms with E-state index in [-0.39, 0.29) is 11.5 Å². The van der Waals surface area contributed by atoms with Gasteiger partial charge in [-0.1, -0.05) is 6.07 Å². The first-order valence-electron chi connectivity index (χ1n) is 5.75. The summed E-state index contributed by atoms with van der Waals surface area (Å²) in [5, 5.41) is 8.76. The number of nitriles is 1. The first-order valence-corrected chi connectivity index (χ1v) is 5.75. The van der Waals surface area contributed by atoms with Crippen molar-refractivity contribution in [1.82, 2.24) is 9.80 Å². The average molecular weight is 247 g/mol. The van der Waals surface area contributed by atoms with Crippen molar-refractivity contribution in [3.05, 3.63) is 35.1 Å². The molecular formula is C13H14FN3O. The van der Waals surface area contributed by atoms with Gasteiger partial charge in [0.2, 0.25) is 5.91 Å². The SMILES string of the molecule is CN1CCN(Cc2ccc(F)c(C#N)c2)CC1=O.